The fourth-order valence-electron chi connectivity index (χ4n) is 5.44. The Morgan fingerprint density at radius 2 is 2.05 bits per heavy atom. The summed E-state index contributed by atoms with van der Waals surface area (Å²) in [4.78, 5) is 11.8. The van der Waals surface area contributed by atoms with Gasteiger partial charge in [-0.2, -0.15) is 0 Å². The van der Waals surface area contributed by atoms with Gasteiger partial charge in [0.1, 0.15) is 6.29 Å². The van der Waals surface area contributed by atoms with Crippen molar-refractivity contribution in [2.24, 2.45) is 11.3 Å². The summed E-state index contributed by atoms with van der Waals surface area (Å²) < 4.78 is 0. The molecule has 2 aliphatic carbocycles. The number of aldehydes is 1. The third kappa shape index (κ3) is 2.00. The van der Waals surface area contributed by atoms with E-state index < -0.39 is 0 Å². The van der Waals surface area contributed by atoms with Crippen LogP contribution in [0.2, 0.25) is 0 Å². The monoisotopic (exact) mass is 284 g/mol. The van der Waals surface area contributed by atoms with Gasteiger partial charge in [-0.25, -0.2) is 0 Å². The van der Waals surface area contributed by atoms with Gasteiger partial charge in [0.25, 0.3) is 0 Å². The zero-order chi connectivity index (χ0) is 15.3. The Labute approximate surface area is 129 Å². The second-order valence-electron chi connectivity index (χ2n) is 7.73. The Balaban J connectivity index is 2.16. The molecular weight excluding hydrogens is 256 g/mol. The maximum absolute atomic E-state index is 11.8. The predicted octanol–water partition coefficient (Wildman–Crippen LogP) is 4.77. The highest BCUT2D eigenvalue weighted by Crippen LogP contribution is 2.56. The van der Waals surface area contributed by atoms with Gasteiger partial charge in [0, 0.05) is 5.41 Å². The molecular formula is C20H28O. The van der Waals surface area contributed by atoms with Crippen LogP contribution < -0.4 is 0 Å². The van der Waals surface area contributed by atoms with Gasteiger partial charge in [-0.05, 0) is 72.6 Å². The first-order valence-corrected chi connectivity index (χ1v) is 8.54. The number of benzene rings is 1. The van der Waals surface area contributed by atoms with Gasteiger partial charge in [-0.15, -0.1) is 0 Å². The summed E-state index contributed by atoms with van der Waals surface area (Å²) in [6, 6.07) is 4.67. The highest BCUT2D eigenvalue weighted by molar-refractivity contribution is 5.61. The van der Waals surface area contributed by atoms with Gasteiger partial charge < -0.3 is 4.79 Å². The van der Waals surface area contributed by atoms with Crippen LogP contribution in [0.3, 0.4) is 0 Å². The van der Waals surface area contributed by atoms with E-state index in [4.69, 9.17) is 0 Å². The minimum absolute atomic E-state index is 0.123. The van der Waals surface area contributed by atoms with Crippen LogP contribution in [0.4, 0.5) is 0 Å². The molecule has 0 aliphatic heterocycles. The van der Waals surface area contributed by atoms with Crippen LogP contribution in [0.1, 0.15) is 68.7 Å². The summed E-state index contributed by atoms with van der Waals surface area (Å²) in [7, 11) is 0. The number of hydrogen-bond acceptors (Lipinski definition) is 1. The van der Waals surface area contributed by atoms with E-state index in [9.17, 15) is 4.79 Å². The van der Waals surface area contributed by atoms with Crippen molar-refractivity contribution in [2.75, 3.05) is 0 Å². The molecule has 1 heteroatoms. The summed E-state index contributed by atoms with van der Waals surface area (Å²) in [6.45, 7) is 9.13. The van der Waals surface area contributed by atoms with E-state index in [1.165, 1.54) is 31.1 Å². The van der Waals surface area contributed by atoms with Crippen LogP contribution in [0.5, 0.6) is 0 Å². The smallest absolute Gasteiger partial charge is 0.126 e. The molecule has 0 radical (unpaired) electrons. The summed E-state index contributed by atoms with van der Waals surface area (Å²) in [6.07, 6.45) is 8.20. The Morgan fingerprint density at radius 1 is 1.29 bits per heavy atom. The van der Waals surface area contributed by atoms with Gasteiger partial charge in [-0.1, -0.05) is 39.3 Å². The van der Waals surface area contributed by atoms with E-state index in [0.717, 1.165) is 19.3 Å². The number of fused-ring (bicyclic) bond motifs is 3. The molecule has 3 atom stereocenters. The van der Waals surface area contributed by atoms with Crippen molar-refractivity contribution in [3.05, 3.63) is 34.4 Å². The lowest BCUT2D eigenvalue weighted by molar-refractivity contribution is -0.123. The van der Waals surface area contributed by atoms with Crippen molar-refractivity contribution < 1.29 is 4.79 Å². The molecule has 1 aromatic rings. The fourth-order valence-corrected chi connectivity index (χ4v) is 5.44. The molecule has 2 aliphatic rings. The second kappa shape index (κ2) is 4.97. The second-order valence-corrected chi connectivity index (χ2v) is 7.73. The zero-order valence-corrected chi connectivity index (χ0v) is 14.0. The van der Waals surface area contributed by atoms with Gasteiger partial charge in [0.15, 0.2) is 0 Å². The minimum Gasteiger partial charge on any atom is -0.303 e. The summed E-state index contributed by atoms with van der Waals surface area (Å²) >= 11 is 0. The van der Waals surface area contributed by atoms with Crippen LogP contribution >= 0.6 is 0 Å². The molecule has 1 aromatic carbocycles. The van der Waals surface area contributed by atoms with Crippen molar-refractivity contribution in [3.63, 3.8) is 0 Å². The van der Waals surface area contributed by atoms with Crippen molar-refractivity contribution in [1.29, 1.82) is 0 Å². The van der Waals surface area contributed by atoms with Crippen LogP contribution in [-0.4, -0.2) is 6.29 Å². The maximum Gasteiger partial charge on any atom is 0.126 e. The third-order valence-corrected chi connectivity index (χ3v) is 6.56. The number of aryl methyl sites for hydroxylation is 1. The maximum atomic E-state index is 11.8. The zero-order valence-electron chi connectivity index (χ0n) is 14.0. The molecule has 1 nitrogen and oxygen atoms in total. The van der Waals surface area contributed by atoms with Crippen LogP contribution in [0.15, 0.2) is 12.1 Å². The van der Waals surface area contributed by atoms with Gasteiger partial charge in [0.2, 0.25) is 0 Å². The van der Waals surface area contributed by atoms with Crippen molar-refractivity contribution in [1.82, 2.24) is 0 Å². The molecule has 3 unspecified atom stereocenters. The topological polar surface area (TPSA) is 17.1 Å². The van der Waals surface area contributed by atoms with Gasteiger partial charge in [0.05, 0.1) is 0 Å². The van der Waals surface area contributed by atoms with Crippen molar-refractivity contribution in [3.8, 4) is 0 Å². The van der Waals surface area contributed by atoms with E-state index >= 15 is 0 Å². The molecule has 1 fully saturated rings. The number of rotatable bonds is 2. The summed E-state index contributed by atoms with van der Waals surface area (Å²) in [5, 5.41) is 0. The Hall–Kier alpha value is -1.11. The molecule has 0 N–H and O–H groups in total. The molecule has 3 rings (SSSR count). The van der Waals surface area contributed by atoms with Crippen LogP contribution in [-0.2, 0) is 23.1 Å². The normalized spacial score (nSPS) is 35.0. The standard InChI is InChI=1S/C20H28O/c1-5-15-14(2)7-9-17-16(15)8-10-18-19(3,13-21)11-6-12-20(17,18)4/h7,9,13,18H,5-6,8,10-12H2,1-4H3. The largest absolute Gasteiger partial charge is 0.303 e. The average Bonchev–Trinajstić information content (AvgIpc) is 2.46. The first kappa shape index (κ1) is 14.8. The lowest BCUT2D eigenvalue weighted by atomic mass is 9.50. The van der Waals surface area contributed by atoms with Crippen LogP contribution in [0.25, 0.3) is 0 Å². The van der Waals surface area contributed by atoms with E-state index in [0.29, 0.717) is 5.92 Å². The third-order valence-electron chi connectivity index (χ3n) is 6.56. The minimum atomic E-state index is -0.123. The highest BCUT2D eigenvalue weighted by atomic mass is 16.1. The van der Waals surface area contributed by atoms with E-state index in [2.05, 4.69) is 39.8 Å². The predicted molar refractivity (Wildman–Crippen MR) is 87.7 cm³/mol. The SMILES string of the molecule is CCc1c(C)ccc2c1CCC1C(C)(C=O)CCCC21C. The lowest BCUT2D eigenvalue weighted by Gasteiger charge is -2.53. The first-order valence-electron chi connectivity index (χ1n) is 8.54. The van der Waals surface area contributed by atoms with E-state index in [1.54, 1.807) is 16.7 Å². The Kier molecular flexibility index (Phi) is 3.50. The van der Waals surface area contributed by atoms with E-state index in [1.807, 2.05) is 0 Å². The van der Waals surface area contributed by atoms with E-state index in [-0.39, 0.29) is 10.8 Å². The Bertz CT molecular complexity index is 573. The number of hydrogen-bond donors (Lipinski definition) is 0. The number of carbonyl (C=O) groups is 1. The molecule has 0 bridgehead atoms. The van der Waals surface area contributed by atoms with Crippen molar-refractivity contribution in [2.45, 2.75) is 71.6 Å². The average molecular weight is 284 g/mol. The first-order chi connectivity index (χ1) is 9.96. The Morgan fingerprint density at radius 3 is 2.71 bits per heavy atom. The molecule has 0 saturated heterocycles. The molecule has 114 valence electrons. The molecule has 0 amide bonds. The molecule has 0 heterocycles. The fraction of sp³-hybridized carbons (Fsp3) is 0.650. The van der Waals surface area contributed by atoms with Gasteiger partial charge in [-0.3, -0.25) is 0 Å². The van der Waals surface area contributed by atoms with Gasteiger partial charge >= 0.3 is 0 Å². The molecule has 21 heavy (non-hydrogen) atoms. The van der Waals surface area contributed by atoms with Crippen LogP contribution in [0, 0.1) is 18.3 Å². The summed E-state index contributed by atoms with van der Waals surface area (Å²) in [5.74, 6) is 0.510. The summed E-state index contributed by atoms with van der Waals surface area (Å²) in [5.41, 5.74) is 6.22. The molecule has 1 saturated carbocycles. The quantitative estimate of drug-likeness (QED) is 0.715. The molecule has 0 spiro atoms. The highest BCUT2D eigenvalue weighted by Gasteiger charge is 2.51. The molecule has 0 aromatic heterocycles. The lowest BCUT2D eigenvalue weighted by Crippen LogP contribution is -2.50. The van der Waals surface area contributed by atoms with Crippen molar-refractivity contribution >= 4 is 6.29 Å². The number of carbonyl (C=O) groups excluding carboxylic acids is 1.